The van der Waals surface area contributed by atoms with Gasteiger partial charge in [-0.25, -0.2) is 4.79 Å². The SMILES string of the molecule is CCCCCCC(C)(CCCCC)c1ccc(C(=O)O)s1. The second-order valence-corrected chi connectivity index (χ2v) is 7.38. The summed E-state index contributed by atoms with van der Waals surface area (Å²) in [5.41, 5.74) is 0.154. The molecular formula is C18H30O2S. The van der Waals surface area contributed by atoms with Crippen LogP contribution < -0.4 is 0 Å². The van der Waals surface area contributed by atoms with E-state index in [1.807, 2.05) is 6.07 Å². The first-order valence-electron chi connectivity index (χ1n) is 8.37. The lowest BCUT2D eigenvalue weighted by Gasteiger charge is -2.29. The number of carboxylic acids is 1. The number of hydrogen-bond acceptors (Lipinski definition) is 2. The molecule has 1 unspecified atom stereocenters. The summed E-state index contributed by atoms with van der Waals surface area (Å²) in [7, 11) is 0. The van der Waals surface area contributed by atoms with Gasteiger partial charge in [0.15, 0.2) is 0 Å². The molecule has 0 aromatic carbocycles. The van der Waals surface area contributed by atoms with Crippen molar-refractivity contribution in [2.24, 2.45) is 0 Å². The molecule has 21 heavy (non-hydrogen) atoms. The maximum absolute atomic E-state index is 11.1. The standard InChI is InChI=1S/C18H30O2S/c1-4-6-8-10-14-18(3,13-9-7-5-2)16-12-11-15(21-16)17(19)20/h11-12H,4-10,13-14H2,1-3H3,(H,19,20). The number of rotatable bonds is 11. The van der Waals surface area contributed by atoms with Crippen molar-refractivity contribution in [3.63, 3.8) is 0 Å². The van der Waals surface area contributed by atoms with Crippen LogP contribution >= 0.6 is 11.3 Å². The Bertz CT molecular complexity index is 425. The Morgan fingerprint density at radius 1 is 1.05 bits per heavy atom. The van der Waals surface area contributed by atoms with Crippen LogP contribution in [0.2, 0.25) is 0 Å². The molecule has 0 fully saturated rings. The Hall–Kier alpha value is -0.830. The fourth-order valence-corrected chi connectivity index (χ4v) is 3.90. The van der Waals surface area contributed by atoms with E-state index in [0.717, 1.165) is 0 Å². The molecule has 0 aliphatic heterocycles. The normalized spacial score (nSPS) is 14.0. The number of thiophene rings is 1. The predicted octanol–water partition coefficient (Wildman–Crippen LogP) is 6.25. The first-order chi connectivity index (χ1) is 10.0. The monoisotopic (exact) mass is 310 g/mol. The van der Waals surface area contributed by atoms with Crippen LogP contribution in [0.1, 0.15) is 93.1 Å². The first-order valence-corrected chi connectivity index (χ1v) is 9.18. The van der Waals surface area contributed by atoms with E-state index in [9.17, 15) is 4.79 Å². The molecule has 1 aromatic heterocycles. The third kappa shape index (κ3) is 5.82. The fourth-order valence-electron chi connectivity index (χ4n) is 2.86. The van der Waals surface area contributed by atoms with E-state index in [-0.39, 0.29) is 5.41 Å². The van der Waals surface area contributed by atoms with Crippen LogP contribution in [0.5, 0.6) is 0 Å². The van der Waals surface area contributed by atoms with Crippen molar-refractivity contribution in [3.8, 4) is 0 Å². The van der Waals surface area contributed by atoms with Crippen LogP contribution in [0.15, 0.2) is 12.1 Å². The number of aromatic carboxylic acids is 1. The Morgan fingerprint density at radius 2 is 1.62 bits per heavy atom. The molecule has 1 rings (SSSR count). The summed E-state index contributed by atoms with van der Waals surface area (Å²) in [5.74, 6) is -0.798. The summed E-state index contributed by atoms with van der Waals surface area (Å²) >= 11 is 1.47. The lowest BCUT2D eigenvalue weighted by Crippen LogP contribution is -2.20. The second kappa shape index (κ2) is 9.24. The van der Waals surface area contributed by atoms with Gasteiger partial charge in [0.05, 0.1) is 0 Å². The maximum Gasteiger partial charge on any atom is 0.345 e. The van der Waals surface area contributed by atoms with E-state index in [2.05, 4.69) is 20.8 Å². The highest BCUT2D eigenvalue weighted by molar-refractivity contribution is 7.14. The van der Waals surface area contributed by atoms with Gasteiger partial charge in [0.2, 0.25) is 0 Å². The first kappa shape index (κ1) is 18.2. The van der Waals surface area contributed by atoms with Crippen molar-refractivity contribution < 1.29 is 9.90 Å². The Morgan fingerprint density at radius 3 is 2.14 bits per heavy atom. The van der Waals surface area contributed by atoms with E-state index < -0.39 is 5.97 Å². The second-order valence-electron chi connectivity index (χ2n) is 6.30. The Balaban J connectivity index is 2.75. The van der Waals surface area contributed by atoms with E-state index in [0.29, 0.717) is 4.88 Å². The average molecular weight is 311 g/mol. The van der Waals surface area contributed by atoms with Gasteiger partial charge in [-0.05, 0) is 25.0 Å². The van der Waals surface area contributed by atoms with E-state index in [4.69, 9.17) is 5.11 Å². The fraction of sp³-hybridized carbons (Fsp3) is 0.722. The highest BCUT2D eigenvalue weighted by Gasteiger charge is 2.28. The molecular weight excluding hydrogens is 280 g/mol. The molecule has 0 radical (unpaired) electrons. The maximum atomic E-state index is 11.1. The zero-order valence-electron chi connectivity index (χ0n) is 13.8. The van der Waals surface area contributed by atoms with E-state index >= 15 is 0 Å². The number of hydrogen-bond donors (Lipinski definition) is 1. The van der Waals surface area contributed by atoms with Crippen molar-refractivity contribution in [2.75, 3.05) is 0 Å². The van der Waals surface area contributed by atoms with Crippen LogP contribution in [-0.2, 0) is 5.41 Å². The number of unbranched alkanes of at least 4 members (excludes halogenated alkanes) is 5. The van der Waals surface area contributed by atoms with Gasteiger partial charge < -0.3 is 5.11 Å². The zero-order chi connectivity index (χ0) is 15.7. The lowest BCUT2D eigenvalue weighted by molar-refractivity contribution is 0.0702. The third-order valence-electron chi connectivity index (χ3n) is 4.33. The molecule has 0 aliphatic rings. The lowest BCUT2D eigenvalue weighted by atomic mass is 9.78. The summed E-state index contributed by atoms with van der Waals surface area (Å²) in [4.78, 5) is 12.8. The largest absolute Gasteiger partial charge is 0.477 e. The molecule has 3 heteroatoms. The summed E-state index contributed by atoms with van der Waals surface area (Å²) in [6.45, 7) is 6.79. The van der Waals surface area contributed by atoms with Crippen molar-refractivity contribution in [3.05, 3.63) is 21.9 Å². The van der Waals surface area contributed by atoms with Crippen LogP contribution in [0.25, 0.3) is 0 Å². The Labute approximate surface area is 133 Å². The van der Waals surface area contributed by atoms with Gasteiger partial charge in [0, 0.05) is 10.3 Å². The minimum Gasteiger partial charge on any atom is -0.477 e. The molecule has 0 amide bonds. The van der Waals surface area contributed by atoms with Gasteiger partial charge in [-0.3, -0.25) is 0 Å². The van der Waals surface area contributed by atoms with Gasteiger partial charge in [-0.15, -0.1) is 11.3 Å². The van der Waals surface area contributed by atoms with E-state index in [1.165, 1.54) is 74.0 Å². The topological polar surface area (TPSA) is 37.3 Å². The van der Waals surface area contributed by atoms with Crippen molar-refractivity contribution >= 4 is 17.3 Å². The quantitative estimate of drug-likeness (QED) is 0.490. The highest BCUT2D eigenvalue weighted by Crippen LogP contribution is 2.39. The molecule has 0 spiro atoms. The molecule has 2 nitrogen and oxygen atoms in total. The molecule has 1 atom stereocenters. The summed E-state index contributed by atoms with van der Waals surface area (Å²) in [6.07, 6.45) is 11.2. The summed E-state index contributed by atoms with van der Waals surface area (Å²) in [6, 6.07) is 3.81. The molecule has 0 bridgehead atoms. The van der Waals surface area contributed by atoms with Crippen molar-refractivity contribution in [2.45, 2.75) is 84.0 Å². The molecule has 1 aromatic rings. The smallest absolute Gasteiger partial charge is 0.345 e. The third-order valence-corrected chi connectivity index (χ3v) is 5.71. The molecule has 0 saturated heterocycles. The van der Waals surface area contributed by atoms with Gasteiger partial charge in [-0.1, -0.05) is 65.7 Å². The van der Waals surface area contributed by atoms with Crippen LogP contribution in [-0.4, -0.2) is 11.1 Å². The minimum atomic E-state index is -0.798. The van der Waals surface area contributed by atoms with Crippen LogP contribution in [0.3, 0.4) is 0 Å². The molecule has 0 aliphatic carbocycles. The van der Waals surface area contributed by atoms with Gasteiger partial charge >= 0.3 is 5.97 Å². The Kier molecular flexibility index (Phi) is 8.02. The van der Waals surface area contributed by atoms with Gasteiger partial charge in [0.1, 0.15) is 4.88 Å². The average Bonchev–Trinajstić information content (AvgIpc) is 2.95. The highest BCUT2D eigenvalue weighted by atomic mass is 32.1. The predicted molar refractivity (Wildman–Crippen MR) is 91.5 cm³/mol. The number of carboxylic acid groups (broad SMARTS) is 1. The molecule has 0 saturated carbocycles. The molecule has 120 valence electrons. The molecule has 1 heterocycles. The summed E-state index contributed by atoms with van der Waals surface area (Å²) in [5, 5.41) is 9.13. The van der Waals surface area contributed by atoms with Crippen LogP contribution in [0, 0.1) is 0 Å². The van der Waals surface area contributed by atoms with Gasteiger partial charge in [-0.2, -0.15) is 0 Å². The zero-order valence-corrected chi connectivity index (χ0v) is 14.6. The van der Waals surface area contributed by atoms with Crippen molar-refractivity contribution in [1.29, 1.82) is 0 Å². The van der Waals surface area contributed by atoms with E-state index in [1.54, 1.807) is 6.07 Å². The van der Waals surface area contributed by atoms with Crippen LogP contribution in [0.4, 0.5) is 0 Å². The minimum absolute atomic E-state index is 0.154. The molecule has 1 N–H and O–H groups in total. The van der Waals surface area contributed by atoms with Crippen molar-refractivity contribution in [1.82, 2.24) is 0 Å². The summed E-state index contributed by atoms with van der Waals surface area (Å²) < 4.78 is 0. The van der Waals surface area contributed by atoms with Gasteiger partial charge in [0.25, 0.3) is 0 Å². The number of carbonyl (C=O) groups is 1.